The number of fused-ring (bicyclic) bond motifs is 1. The molecule has 2 aromatic heterocycles. The summed E-state index contributed by atoms with van der Waals surface area (Å²) in [5.41, 5.74) is 4.02. The van der Waals surface area contributed by atoms with Crippen LogP contribution >= 0.6 is 0 Å². The van der Waals surface area contributed by atoms with E-state index in [0.29, 0.717) is 29.7 Å². The molecule has 6 heteroatoms. The zero-order valence-electron chi connectivity index (χ0n) is 20.4. The maximum atomic E-state index is 13.5. The zero-order chi connectivity index (χ0) is 23.7. The number of aromatic nitrogens is 2. The Kier molecular flexibility index (Phi) is 6.75. The standard InChI is InChI=1S/C27H35N3O3/c1-17-16-25(33-5)22(27(32)28-17)10-11-24(31)26-19(3)30(23-9-7-6-8-21(23)26)18(2)20-12-14-29(4)15-13-20/h6-9,16,18,20H,10-15H2,1-5H3,(H,28,32)/t18-/m1/s1. The Hall–Kier alpha value is -2.86. The van der Waals surface area contributed by atoms with Gasteiger partial charge in [-0.05, 0) is 78.2 Å². The van der Waals surface area contributed by atoms with Crippen molar-refractivity contribution in [2.45, 2.75) is 52.5 Å². The minimum atomic E-state index is -0.185. The van der Waals surface area contributed by atoms with Crippen LogP contribution in [0.3, 0.4) is 0 Å². The quantitative estimate of drug-likeness (QED) is 0.532. The maximum Gasteiger partial charge on any atom is 0.255 e. The molecule has 0 aliphatic carbocycles. The molecule has 1 aliphatic rings. The molecule has 4 rings (SSSR count). The van der Waals surface area contributed by atoms with Gasteiger partial charge in [0.1, 0.15) is 5.75 Å². The van der Waals surface area contributed by atoms with Gasteiger partial charge >= 0.3 is 0 Å². The van der Waals surface area contributed by atoms with E-state index in [1.807, 2.05) is 31.2 Å². The van der Waals surface area contributed by atoms with E-state index < -0.39 is 0 Å². The van der Waals surface area contributed by atoms with Crippen molar-refractivity contribution < 1.29 is 9.53 Å². The number of ketones is 1. The lowest BCUT2D eigenvalue weighted by atomic mass is 9.90. The normalized spacial score (nSPS) is 16.3. The summed E-state index contributed by atoms with van der Waals surface area (Å²) in [6.45, 7) is 8.42. The van der Waals surface area contributed by atoms with E-state index in [1.54, 1.807) is 7.11 Å². The number of methoxy groups -OCH3 is 1. The van der Waals surface area contributed by atoms with Crippen LogP contribution in [-0.4, -0.2) is 47.5 Å². The zero-order valence-corrected chi connectivity index (χ0v) is 20.4. The molecule has 1 saturated heterocycles. The fourth-order valence-electron chi connectivity index (χ4n) is 5.46. The number of aromatic amines is 1. The van der Waals surface area contributed by atoms with Gasteiger partial charge in [-0.15, -0.1) is 0 Å². The molecule has 33 heavy (non-hydrogen) atoms. The van der Waals surface area contributed by atoms with Crippen LogP contribution in [0.4, 0.5) is 0 Å². The Bertz CT molecular complexity index is 1220. The third-order valence-electron chi connectivity index (χ3n) is 7.34. The molecule has 0 spiro atoms. The smallest absolute Gasteiger partial charge is 0.255 e. The van der Waals surface area contributed by atoms with Crippen LogP contribution in [0.25, 0.3) is 10.9 Å². The number of ether oxygens (including phenoxy) is 1. The lowest BCUT2D eigenvalue weighted by Gasteiger charge is -2.34. The van der Waals surface area contributed by atoms with Gasteiger partial charge in [0, 0.05) is 40.3 Å². The summed E-state index contributed by atoms with van der Waals surface area (Å²) < 4.78 is 7.78. The van der Waals surface area contributed by atoms with Crippen LogP contribution < -0.4 is 10.3 Å². The predicted octanol–water partition coefficient (Wildman–Crippen LogP) is 4.67. The highest BCUT2D eigenvalue weighted by molar-refractivity contribution is 6.09. The average molecular weight is 450 g/mol. The van der Waals surface area contributed by atoms with Gasteiger partial charge in [0.05, 0.1) is 12.7 Å². The first kappa shape index (κ1) is 23.3. The van der Waals surface area contributed by atoms with Gasteiger partial charge in [-0.3, -0.25) is 9.59 Å². The van der Waals surface area contributed by atoms with Crippen molar-refractivity contribution in [2.24, 2.45) is 5.92 Å². The predicted molar refractivity (Wildman–Crippen MR) is 133 cm³/mol. The second-order valence-electron chi connectivity index (χ2n) is 9.48. The molecule has 3 heterocycles. The van der Waals surface area contributed by atoms with Crippen molar-refractivity contribution in [1.29, 1.82) is 0 Å². The number of para-hydroxylation sites is 1. The number of benzene rings is 1. The lowest BCUT2D eigenvalue weighted by molar-refractivity contribution is 0.0983. The molecule has 3 aromatic rings. The number of pyridine rings is 1. The number of H-pyrrole nitrogens is 1. The average Bonchev–Trinajstić information content (AvgIpc) is 3.09. The number of likely N-dealkylation sites (tertiary alicyclic amines) is 1. The molecule has 6 nitrogen and oxygen atoms in total. The highest BCUT2D eigenvalue weighted by atomic mass is 16.5. The van der Waals surface area contributed by atoms with E-state index in [9.17, 15) is 9.59 Å². The van der Waals surface area contributed by atoms with Gasteiger partial charge in [0.15, 0.2) is 5.78 Å². The van der Waals surface area contributed by atoms with Crippen molar-refractivity contribution in [3.8, 4) is 5.75 Å². The summed E-state index contributed by atoms with van der Waals surface area (Å²) in [6.07, 6.45) is 2.95. The van der Waals surface area contributed by atoms with Crippen LogP contribution in [0.5, 0.6) is 5.75 Å². The number of rotatable bonds is 7. The third-order valence-corrected chi connectivity index (χ3v) is 7.34. The number of carbonyl (C=O) groups is 1. The topological polar surface area (TPSA) is 67.3 Å². The van der Waals surface area contributed by atoms with E-state index in [1.165, 1.54) is 12.8 Å². The van der Waals surface area contributed by atoms with E-state index in [4.69, 9.17) is 4.74 Å². The summed E-state index contributed by atoms with van der Waals surface area (Å²) in [5.74, 6) is 1.20. The SMILES string of the molecule is COc1cc(C)[nH]c(=O)c1CCC(=O)c1c(C)n([C@H](C)C2CCN(C)CC2)c2ccccc12. The number of piperidine rings is 1. The maximum absolute atomic E-state index is 13.5. The van der Waals surface area contributed by atoms with Crippen LogP contribution in [0.1, 0.15) is 59.5 Å². The van der Waals surface area contributed by atoms with Crippen LogP contribution in [0, 0.1) is 19.8 Å². The molecule has 0 radical (unpaired) electrons. The first-order chi connectivity index (χ1) is 15.8. The molecular weight excluding hydrogens is 414 g/mol. The van der Waals surface area contributed by atoms with Gasteiger partial charge in [0.25, 0.3) is 5.56 Å². The minimum absolute atomic E-state index is 0.0695. The summed E-state index contributed by atoms with van der Waals surface area (Å²) in [6, 6.07) is 10.3. The van der Waals surface area contributed by atoms with E-state index in [0.717, 1.165) is 40.9 Å². The number of hydrogen-bond acceptors (Lipinski definition) is 4. The third kappa shape index (κ3) is 4.49. The molecule has 0 bridgehead atoms. The lowest BCUT2D eigenvalue weighted by Crippen LogP contribution is -2.33. The van der Waals surface area contributed by atoms with Crippen LogP contribution in [0.2, 0.25) is 0 Å². The van der Waals surface area contributed by atoms with Gasteiger partial charge in [0.2, 0.25) is 0 Å². The first-order valence-electron chi connectivity index (χ1n) is 11.9. The molecule has 1 fully saturated rings. The first-order valence-corrected chi connectivity index (χ1v) is 11.9. The monoisotopic (exact) mass is 449 g/mol. The summed E-state index contributed by atoms with van der Waals surface area (Å²) in [5, 5.41) is 1.00. The highest BCUT2D eigenvalue weighted by Gasteiger charge is 2.28. The molecular formula is C27H35N3O3. The minimum Gasteiger partial charge on any atom is -0.496 e. The fourth-order valence-corrected chi connectivity index (χ4v) is 5.46. The summed E-state index contributed by atoms with van der Waals surface area (Å²) >= 11 is 0. The molecule has 1 atom stereocenters. The number of Topliss-reactive ketones (excluding diaryl/α,β-unsaturated/α-hetero) is 1. The van der Waals surface area contributed by atoms with E-state index >= 15 is 0 Å². The van der Waals surface area contributed by atoms with Crippen molar-refractivity contribution in [3.05, 3.63) is 63.2 Å². The second-order valence-corrected chi connectivity index (χ2v) is 9.48. The van der Waals surface area contributed by atoms with E-state index in [-0.39, 0.29) is 17.8 Å². The largest absolute Gasteiger partial charge is 0.496 e. The Labute approximate surface area is 195 Å². The van der Waals surface area contributed by atoms with Gasteiger partial charge < -0.3 is 19.2 Å². The van der Waals surface area contributed by atoms with Crippen molar-refractivity contribution in [1.82, 2.24) is 14.5 Å². The number of nitrogens with one attached hydrogen (secondary N) is 1. The van der Waals surface area contributed by atoms with Crippen molar-refractivity contribution in [2.75, 3.05) is 27.2 Å². The Balaban J connectivity index is 1.65. The molecule has 1 aliphatic heterocycles. The molecule has 0 unspecified atom stereocenters. The summed E-state index contributed by atoms with van der Waals surface area (Å²) in [4.78, 5) is 31.2. The van der Waals surface area contributed by atoms with Gasteiger partial charge in [-0.2, -0.15) is 0 Å². The molecule has 1 aromatic carbocycles. The number of hydrogen-bond donors (Lipinski definition) is 1. The van der Waals surface area contributed by atoms with Gasteiger partial charge in [-0.25, -0.2) is 0 Å². The van der Waals surface area contributed by atoms with E-state index in [2.05, 4.69) is 41.4 Å². The Morgan fingerprint density at radius 3 is 2.61 bits per heavy atom. The molecule has 1 N–H and O–H groups in total. The van der Waals surface area contributed by atoms with Gasteiger partial charge in [-0.1, -0.05) is 18.2 Å². The number of aryl methyl sites for hydroxylation is 1. The van der Waals surface area contributed by atoms with Crippen molar-refractivity contribution >= 4 is 16.7 Å². The Morgan fingerprint density at radius 1 is 1.21 bits per heavy atom. The van der Waals surface area contributed by atoms with Crippen molar-refractivity contribution in [3.63, 3.8) is 0 Å². The fraction of sp³-hybridized carbons (Fsp3) is 0.481. The number of carbonyl (C=O) groups excluding carboxylic acids is 1. The van der Waals surface area contributed by atoms with Crippen LogP contribution in [0.15, 0.2) is 35.1 Å². The second kappa shape index (κ2) is 9.56. The number of nitrogens with zero attached hydrogens (tertiary/aromatic N) is 2. The highest BCUT2D eigenvalue weighted by Crippen LogP contribution is 2.36. The Morgan fingerprint density at radius 2 is 1.91 bits per heavy atom. The van der Waals surface area contributed by atoms with Crippen LogP contribution in [-0.2, 0) is 6.42 Å². The summed E-state index contributed by atoms with van der Waals surface area (Å²) in [7, 11) is 3.74. The molecule has 0 saturated carbocycles. The molecule has 176 valence electrons. The molecule has 0 amide bonds.